The predicted molar refractivity (Wildman–Crippen MR) is 107 cm³/mol. The minimum Gasteiger partial charge on any atom is -0.487 e. The van der Waals surface area contributed by atoms with Gasteiger partial charge in [0.05, 0.1) is 26.0 Å². The number of ether oxygens (including phenoxy) is 2. The number of hydrogen-bond donors (Lipinski definition) is 0. The van der Waals surface area contributed by atoms with Gasteiger partial charge in [-0.3, -0.25) is 14.6 Å². The van der Waals surface area contributed by atoms with Gasteiger partial charge in [0, 0.05) is 31.1 Å². The average molecular weight is 402 g/mol. The van der Waals surface area contributed by atoms with Crippen LogP contribution in [-0.4, -0.2) is 71.6 Å². The summed E-state index contributed by atoms with van der Waals surface area (Å²) in [5.74, 6) is 0.813. The van der Waals surface area contributed by atoms with E-state index in [4.69, 9.17) is 9.47 Å². The average Bonchev–Trinajstić information content (AvgIpc) is 3.18. The molecule has 1 aromatic rings. The first-order valence-electron chi connectivity index (χ1n) is 10.8. The normalized spacial score (nSPS) is 26.9. The molecule has 1 aliphatic carbocycles. The van der Waals surface area contributed by atoms with Crippen LogP contribution in [0.2, 0.25) is 0 Å². The summed E-state index contributed by atoms with van der Waals surface area (Å²) < 4.78 is 11.5. The Morgan fingerprint density at radius 3 is 2.66 bits per heavy atom. The van der Waals surface area contributed by atoms with Crippen LogP contribution < -0.4 is 4.74 Å². The fourth-order valence-corrected chi connectivity index (χ4v) is 4.84. The minimum atomic E-state index is -0.457. The van der Waals surface area contributed by atoms with E-state index in [1.54, 1.807) is 12.4 Å². The van der Waals surface area contributed by atoms with Gasteiger partial charge < -0.3 is 19.3 Å². The van der Waals surface area contributed by atoms with Crippen LogP contribution in [-0.2, 0) is 14.3 Å². The van der Waals surface area contributed by atoms with Crippen LogP contribution in [0.25, 0.3) is 0 Å². The van der Waals surface area contributed by atoms with Crippen molar-refractivity contribution in [3.63, 3.8) is 0 Å². The Labute approximate surface area is 172 Å². The summed E-state index contributed by atoms with van der Waals surface area (Å²) in [7, 11) is 0. The zero-order chi connectivity index (χ0) is 20.3. The molecule has 1 aromatic heterocycles. The molecule has 29 heavy (non-hydrogen) atoms. The predicted octanol–water partition coefficient (Wildman–Crippen LogP) is 2.26. The van der Waals surface area contributed by atoms with Gasteiger partial charge >= 0.3 is 0 Å². The lowest BCUT2D eigenvalue weighted by Gasteiger charge is -2.39. The number of amides is 2. The third kappa shape index (κ3) is 4.39. The van der Waals surface area contributed by atoms with E-state index in [0.29, 0.717) is 45.0 Å². The Morgan fingerprint density at radius 1 is 1.21 bits per heavy atom. The van der Waals surface area contributed by atoms with E-state index in [1.807, 2.05) is 21.9 Å². The smallest absolute Gasteiger partial charge is 0.245 e. The lowest BCUT2D eigenvalue weighted by molar-refractivity contribution is -0.152. The summed E-state index contributed by atoms with van der Waals surface area (Å²) in [4.78, 5) is 34.6. The van der Waals surface area contributed by atoms with Crippen molar-refractivity contribution < 1.29 is 19.1 Å². The summed E-state index contributed by atoms with van der Waals surface area (Å²) >= 11 is 0. The van der Waals surface area contributed by atoms with E-state index >= 15 is 0 Å². The largest absolute Gasteiger partial charge is 0.487 e. The molecule has 3 fully saturated rings. The minimum absolute atomic E-state index is 0.0262. The summed E-state index contributed by atoms with van der Waals surface area (Å²) in [6.07, 6.45) is 8.83. The highest BCUT2D eigenvalue weighted by Gasteiger charge is 2.47. The molecule has 0 N–H and O–H groups in total. The molecular formula is C22H31N3O4. The highest BCUT2D eigenvalue weighted by Crippen LogP contribution is 2.39. The van der Waals surface area contributed by atoms with Crippen molar-refractivity contribution in [3.05, 3.63) is 24.5 Å². The second-order valence-electron chi connectivity index (χ2n) is 8.70. The first-order chi connectivity index (χ1) is 14.1. The molecule has 3 aliphatic rings. The second-order valence-corrected chi connectivity index (χ2v) is 8.70. The maximum absolute atomic E-state index is 13.6. The number of carbonyl (C=O) groups excluding carboxylic acids is 2. The molecule has 0 radical (unpaired) electrons. The second kappa shape index (κ2) is 8.69. The number of hydrogen-bond acceptors (Lipinski definition) is 5. The Hall–Kier alpha value is -2.15. The number of likely N-dealkylation sites (tertiary alicyclic amines) is 1. The van der Waals surface area contributed by atoms with Gasteiger partial charge in [-0.05, 0) is 25.0 Å². The quantitative estimate of drug-likeness (QED) is 0.774. The van der Waals surface area contributed by atoms with Crippen LogP contribution in [0.4, 0.5) is 0 Å². The van der Waals surface area contributed by atoms with Crippen LogP contribution in [0, 0.1) is 5.41 Å². The first kappa shape index (κ1) is 20.1. The third-order valence-electron chi connectivity index (χ3n) is 6.54. The van der Waals surface area contributed by atoms with Crippen LogP contribution in [0.1, 0.15) is 45.4 Å². The van der Waals surface area contributed by atoms with Crippen molar-refractivity contribution in [3.8, 4) is 5.75 Å². The van der Waals surface area contributed by atoms with Crippen molar-refractivity contribution in [2.45, 2.75) is 57.6 Å². The van der Waals surface area contributed by atoms with Crippen molar-refractivity contribution in [2.75, 3.05) is 32.8 Å². The van der Waals surface area contributed by atoms with E-state index in [9.17, 15) is 9.59 Å². The summed E-state index contributed by atoms with van der Waals surface area (Å²) in [6.45, 7) is 4.80. The standard InChI is InChI=1S/C22H31N3O4/c1-22(7-3-2-4-8-22)21(27)25-16-18(29-17-6-5-9-23-15-17)14-19(25)20(26)24-10-12-28-13-11-24/h5-6,9,15,18-19H,2-4,7-8,10-14,16H2,1H3/t18-,19-/m0/s1. The van der Waals surface area contributed by atoms with Crippen LogP contribution in [0.3, 0.4) is 0 Å². The van der Waals surface area contributed by atoms with Gasteiger partial charge in [-0.25, -0.2) is 0 Å². The van der Waals surface area contributed by atoms with Gasteiger partial charge in [0.2, 0.25) is 11.8 Å². The molecule has 7 nitrogen and oxygen atoms in total. The molecule has 2 aliphatic heterocycles. The van der Waals surface area contributed by atoms with Gasteiger partial charge in [-0.1, -0.05) is 26.2 Å². The van der Waals surface area contributed by atoms with E-state index in [0.717, 1.165) is 25.7 Å². The third-order valence-corrected chi connectivity index (χ3v) is 6.54. The number of carbonyl (C=O) groups is 2. The zero-order valence-corrected chi connectivity index (χ0v) is 17.2. The fourth-order valence-electron chi connectivity index (χ4n) is 4.84. The lowest BCUT2D eigenvalue weighted by atomic mass is 9.74. The molecule has 4 rings (SSSR count). The molecule has 2 saturated heterocycles. The van der Waals surface area contributed by atoms with Gasteiger partial charge in [0.25, 0.3) is 0 Å². The summed E-state index contributed by atoms with van der Waals surface area (Å²) in [5, 5.41) is 0. The van der Waals surface area contributed by atoms with Crippen molar-refractivity contribution in [2.24, 2.45) is 5.41 Å². The van der Waals surface area contributed by atoms with E-state index in [2.05, 4.69) is 11.9 Å². The highest BCUT2D eigenvalue weighted by molar-refractivity contribution is 5.91. The Kier molecular flexibility index (Phi) is 6.04. The molecule has 2 atom stereocenters. The molecule has 3 heterocycles. The lowest BCUT2D eigenvalue weighted by Crippen LogP contribution is -2.53. The maximum atomic E-state index is 13.6. The van der Waals surface area contributed by atoms with E-state index in [-0.39, 0.29) is 23.3 Å². The van der Waals surface area contributed by atoms with Crippen molar-refractivity contribution in [1.29, 1.82) is 0 Å². The van der Waals surface area contributed by atoms with Crippen molar-refractivity contribution >= 4 is 11.8 Å². The number of pyridine rings is 1. The topological polar surface area (TPSA) is 72.0 Å². The monoisotopic (exact) mass is 401 g/mol. The summed E-state index contributed by atoms with van der Waals surface area (Å²) in [6, 6.07) is 3.23. The molecule has 0 aromatic carbocycles. The molecule has 0 bridgehead atoms. The van der Waals surface area contributed by atoms with Gasteiger partial charge in [0.15, 0.2) is 0 Å². The van der Waals surface area contributed by atoms with Gasteiger partial charge in [-0.15, -0.1) is 0 Å². The molecule has 1 saturated carbocycles. The number of rotatable bonds is 4. The zero-order valence-electron chi connectivity index (χ0n) is 17.2. The van der Waals surface area contributed by atoms with Crippen LogP contribution >= 0.6 is 0 Å². The van der Waals surface area contributed by atoms with Crippen molar-refractivity contribution in [1.82, 2.24) is 14.8 Å². The van der Waals surface area contributed by atoms with E-state index < -0.39 is 6.04 Å². The molecule has 158 valence electrons. The SMILES string of the molecule is CC1(C(=O)N2C[C@@H](Oc3cccnc3)C[C@H]2C(=O)N2CCOCC2)CCCCC1. The number of morpholine rings is 1. The van der Waals surface area contributed by atoms with Crippen LogP contribution in [0.15, 0.2) is 24.5 Å². The first-order valence-corrected chi connectivity index (χ1v) is 10.8. The Morgan fingerprint density at radius 2 is 1.97 bits per heavy atom. The van der Waals surface area contributed by atoms with Crippen LogP contribution in [0.5, 0.6) is 5.75 Å². The number of nitrogens with zero attached hydrogens (tertiary/aromatic N) is 3. The molecule has 0 spiro atoms. The highest BCUT2D eigenvalue weighted by atomic mass is 16.5. The number of aromatic nitrogens is 1. The maximum Gasteiger partial charge on any atom is 0.245 e. The Bertz CT molecular complexity index is 714. The molecular weight excluding hydrogens is 370 g/mol. The molecule has 2 amide bonds. The van der Waals surface area contributed by atoms with Gasteiger partial charge in [0.1, 0.15) is 17.9 Å². The molecule has 0 unspecified atom stereocenters. The Balaban J connectivity index is 1.53. The van der Waals surface area contributed by atoms with E-state index in [1.165, 1.54) is 6.42 Å². The van der Waals surface area contributed by atoms with Gasteiger partial charge in [-0.2, -0.15) is 0 Å². The molecule has 7 heteroatoms. The fraction of sp³-hybridized carbons (Fsp3) is 0.682. The summed E-state index contributed by atoms with van der Waals surface area (Å²) in [5.41, 5.74) is -0.370.